The summed E-state index contributed by atoms with van der Waals surface area (Å²) in [6.07, 6.45) is 8.69. The van der Waals surface area contributed by atoms with Crippen molar-refractivity contribution in [2.24, 2.45) is 5.92 Å². The fourth-order valence-corrected chi connectivity index (χ4v) is 3.58. The number of urea groups is 1. The van der Waals surface area contributed by atoms with Crippen LogP contribution in [0.2, 0.25) is 0 Å². The number of carboxylic acids is 1. The number of nitrogens with zero attached hydrogens (tertiary/aromatic N) is 1. The van der Waals surface area contributed by atoms with Gasteiger partial charge in [0.15, 0.2) is 0 Å². The summed E-state index contributed by atoms with van der Waals surface area (Å²) in [7, 11) is 0. The van der Waals surface area contributed by atoms with E-state index >= 15 is 0 Å². The van der Waals surface area contributed by atoms with Gasteiger partial charge in [-0.1, -0.05) is 6.42 Å². The average Bonchev–Trinajstić information content (AvgIpc) is 3.21. The quantitative estimate of drug-likeness (QED) is 0.789. The normalized spacial score (nSPS) is 26.1. The summed E-state index contributed by atoms with van der Waals surface area (Å²) >= 11 is 1.86. The van der Waals surface area contributed by atoms with E-state index in [2.05, 4.69) is 11.6 Å². The van der Waals surface area contributed by atoms with Crippen LogP contribution >= 0.6 is 11.8 Å². The number of hydrogen-bond acceptors (Lipinski definition) is 3. The molecule has 5 nitrogen and oxygen atoms in total. The molecule has 0 bridgehead atoms. The summed E-state index contributed by atoms with van der Waals surface area (Å²) < 4.78 is 0. The Morgan fingerprint density at radius 1 is 1.30 bits per heavy atom. The van der Waals surface area contributed by atoms with Gasteiger partial charge in [0.2, 0.25) is 0 Å². The van der Waals surface area contributed by atoms with Crippen LogP contribution in [-0.4, -0.2) is 52.6 Å². The van der Waals surface area contributed by atoms with Crippen molar-refractivity contribution in [2.75, 3.05) is 19.3 Å². The summed E-state index contributed by atoms with van der Waals surface area (Å²) in [5.41, 5.74) is 0. The molecule has 2 atom stereocenters. The highest BCUT2D eigenvalue weighted by atomic mass is 32.2. The van der Waals surface area contributed by atoms with E-state index in [1.54, 1.807) is 0 Å². The molecule has 0 heterocycles. The Kier molecular flexibility index (Phi) is 5.57. The molecule has 114 valence electrons. The maximum absolute atomic E-state index is 12.2. The molecule has 0 radical (unpaired) electrons. The lowest BCUT2D eigenvalue weighted by atomic mass is 9.95. The van der Waals surface area contributed by atoms with Crippen LogP contribution in [0, 0.1) is 5.92 Å². The summed E-state index contributed by atoms with van der Waals surface area (Å²) in [5, 5.41) is 12.6. The Morgan fingerprint density at radius 2 is 2.05 bits per heavy atom. The van der Waals surface area contributed by atoms with Crippen molar-refractivity contribution in [2.45, 2.75) is 49.8 Å². The van der Waals surface area contributed by atoms with Crippen molar-refractivity contribution in [3.05, 3.63) is 0 Å². The molecule has 0 aromatic carbocycles. The van der Waals surface area contributed by atoms with E-state index < -0.39 is 5.97 Å². The molecule has 0 aromatic heterocycles. The summed E-state index contributed by atoms with van der Waals surface area (Å²) in [6.45, 7) is 0.387. The second kappa shape index (κ2) is 7.20. The molecular formula is C14H24N2O3S. The van der Waals surface area contributed by atoms with Gasteiger partial charge in [0, 0.05) is 17.8 Å². The number of hydrogen-bond donors (Lipinski definition) is 2. The minimum absolute atomic E-state index is 0.193. The predicted octanol–water partition coefficient (Wildman–Crippen LogP) is 2.17. The van der Waals surface area contributed by atoms with Gasteiger partial charge in [-0.15, -0.1) is 0 Å². The highest BCUT2D eigenvalue weighted by Gasteiger charge is 2.30. The van der Waals surface area contributed by atoms with Crippen LogP contribution in [0.5, 0.6) is 0 Å². The van der Waals surface area contributed by atoms with Crippen LogP contribution < -0.4 is 5.32 Å². The fourth-order valence-electron chi connectivity index (χ4n) is 2.75. The van der Waals surface area contributed by atoms with E-state index in [0.29, 0.717) is 17.7 Å². The first-order valence-electron chi connectivity index (χ1n) is 7.38. The average molecular weight is 300 g/mol. The van der Waals surface area contributed by atoms with Gasteiger partial charge < -0.3 is 15.3 Å². The van der Waals surface area contributed by atoms with Gasteiger partial charge in [0.05, 0.1) is 0 Å². The zero-order chi connectivity index (χ0) is 14.5. The lowest BCUT2D eigenvalue weighted by Gasteiger charge is -2.31. The highest BCUT2D eigenvalue weighted by molar-refractivity contribution is 7.99. The number of carboxylic acid groups (broad SMARTS) is 1. The topological polar surface area (TPSA) is 69.6 Å². The smallest absolute Gasteiger partial charge is 0.323 e. The minimum atomic E-state index is -0.938. The van der Waals surface area contributed by atoms with Crippen molar-refractivity contribution in [3.8, 4) is 0 Å². The molecule has 0 aliphatic heterocycles. The number of thioether (sulfide) groups is 1. The molecule has 0 spiro atoms. The molecule has 2 unspecified atom stereocenters. The Morgan fingerprint density at radius 3 is 2.65 bits per heavy atom. The minimum Gasteiger partial charge on any atom is -0.480 e. The standard InChI is InChI=1S/C14H24N2O3S/c1-20-12-4-2-3-11(7-12)15-14(19)16(9-13(17)18)8-10-5-6-10/h10-12H,2-9H2,1H3,(H,15,19)(H,17,18). The SMILES string of the molecule is CSC1CCCC(NC(=O)N(CC(=O)O)CC2CC2)C1. The van der Waals surface area contributed by atoms with Crippen LogP contribution in [0.25, 0.3) is 0 Å². The largest absolute Gasteiger partial charge is 0.480 e. The van der Waals surface area contributed by atoms with Gasteiger partial charge in [0.1, 0.15) is 6.54 Å². The van der Waals surface area contributed by atoms with Crippen LogP contribution in [0.4, 0.5) is 4.79 Å². The number of carbonyl (C=O) groups is 2. The number of rotatable bonds is 6. The van der Waals surface area contributed by atoms with Crippen LogP contribution in [0.3, 0.4) is 0 Å². The molecule has 2 amide bonds. The lowest BCUT2D eigenvalue weighted by molar-refractivity contribution is -0.137. The second-order valence-electron chi connectivity index (χ2n) is 5.89. The number of carbonyl (C=O) groups excluding carboxylic acids is 1. The zero-order valence-electron chi connectivity index (χ0n) is 12.0. The molecule has 2 saturated carbocycles. The van der Waals surface area contributed by atoms with Crippen molar-refractivity contribution in [1.82, 2.24) is 10.2 Å². The summed E-state index contributed by atoms with van der Waals surface area (Å²) in [4.78, 5) is 24.6. The van der Waals surface area contributed by atoms with E-state index in [4.69, 9.17) is 5.11 Å². The Bertz CT molecular complexity index is 360. The Labute approximate surface area is 124 Å². The molecular weight excluding hydrogens is 276 g/mol. The van der Waals surface area contributed by atoms with E-state index in [1.165, 1.54) is 11.3 Å². The Hall–Kier alpha value is -0.910. The van der Waals surface area contributed by atoms with Crippen molar-refractivity contribution in [3.63, 3.8) is 0 Å². The lowest BCUT2D eigenvalue weighted by Crippen LogP contribution is -2.48. The van der Waals surface area contributed by atoms with Crippen LogP contribution in [0.15, 0.2) is 0 Å². The van der Waals surface area contributed by atoms with Crippen molar-refractivity contribution in [1.29, 1.82) is 0 Å². The third kappa shape index (κ3) is 4.89. The first-order valence-corrected chi connectivity index (χ1v) is 8.67. The molecule has 0 saturated heterocycles. The van der Waals surface area contributed by atoms with Gasteiger partial charge in [0.25, 0.3) is 0 Å². The van der Waals surface area contributed by atoms with E-state index in [-0.39, 0.29) is 18.6 Å². The van der Waals surface area contributed by atoms with E-state index in [0.717, 1.165) is 32.1 Å². The molecule has 6 heteroatoms. The van der Waals surface area contributed by atoms with Crippen molar-refractivity contribution >= 4 is 23.8 Å². The number of aliphatic carboxylic acids is 1. The second-order valence-corrected chi connectivity index (χ2v) is 7.03. The summed E-state index contributed by atoms with van der Waals surface area (Å²) in [6, 6.07) is -0.00440. The molecule has 0 aromatic rings. The number of amides is 2. The predicted molar refractivity (Wildman–Crippen MR) is 80.0 cm³/mol. The zero-order valence-corrected chi connectivity index (χ0v) is 12.8. The van der Waals surface area contributed by atoms with E-state index in [1.807, 2.05) is 11.8 Å². The molecule has 2 rings (SSSR count). The molecule has 20 heavy (non-hydrogen) atoms. The molecule has 2 fully saturated rings. The first-order chi connectivity index (χ1) is 9.58. The van der Waals surface area contributed by atoms with Crippen molar-refractivity contribution < 1.29 is 14.7 Å². The number of nitrogens with one attached hydrogen (secondary N) is 1. The van der Waals surface area contributed by atoms with Gasteiger partial charge in [-0.25, -0.2) is 4.79 Å². The monoisotopic (exact) mass is 300 g/mol. The molecule has 2 N–H and O–H groups in total. The fraction of sp³-hybridized carbons (Fsp3) is 0.857. The van der Waals surface area contributed by atoms with Crippen LogP contribution in [-0.2, 0) is 4.79 Å². The Balaban J connectivity index is 1.84. The van der Waals surface area contributed by atoms with Crippen LogP contribution in [0.1, 0.15) is 38.5 Å². The van der Waals surface area contributed by atoms with E-state index in [9.17, 15) is 9.59 Å². The highest BCUT2D eigenvalue weighted by Crippen LogP contribution is 2.30. The maximum Gasteiger partial charge on any atom is 0.323 e. The maximum atomic E-state index is 12.2. The third-order valence-corrected chi connectivity index (χ3v) is 5.17. The third-order valence-electron chi connectivity index (χ3n) is 4.08. The van der Waals surface area contributed by atoms with Gasteiger partial charge in [-0.05, 0) is 44.3 Å². The van der Waals surface area contributed by atoms with Gasteiger partial charge >= 0.3 is 12.0 Å². The molecule has 2 aliphatic rings. The summed E-state index contributed by atoms with van der Waals surface area (Å²) in [5.74, 6) is -0.433. The van der Waals surface area contributed by atoms with Gasteiger partial charge in [-0.3, -0.25) is 4.79 Å². The first kappa shape index (κ1) is 15.5. The molecule has 2 aliphatic carbocycles. The van der Waals surface area contributed by atoms with Gasteiger partial charge in [-0.2, -0.15) is 11.8 Å².